The fourth-order valence-corrected chi connectivity index (χ4v) is 3.92. The van der Waals surface area contributed by atoms with Crippen molar-refractivity contribution in [2.75, 3.05) is 23.7 Å². The Balaban J connectivity index is 1.42. The second-order valence-electron chi connectivity index (χ2n) is 7.34. The average Bonchev–Trinajstić information content (AvgIpc) is 2.82. The molecule has 5 heteroatoms. The molecule has 1 aromatic heterocycles. The molecule has 0 unspecified atom stereocenters. The molecule has 0 saturated heterocycles. The Morgan fingerprint density at radius 3 is 2.70 bits per heavy atom. The Kier molecular flexibility index (Phi) is 4.77. The monoisotopic (exact) mass is 394 g/mol. The highest BCUT2D eigenvalue weighted by molar-refractivity contribution is 6.01. The van der Waals surface area contributed by atoms with Gasteiger partial charge in [-0.15, -0.1) is 0 Å². The number of anilines is 2. The van der Waals surface area contributed by atoms with Crippen LogP contribution >= 0.6 is 0 Å². The second kappa shape index (κ2) is 7.87. The minimum Gasteiger partial charge on any atom is -0.380 e. The highest BCUT2D eigenvalue weighted by atomic mass is 16.1. The van der Waals surface area contributed by atoms with E-state index in [1.165, 1.54) is 5.39 Å². The quantitative estimate of drug-likeness (QED) is 0.471. The van der Waals surface area contributed by atoms with E-state index in [0.717, 1.165) is 46.7 Å². The maximum atomic E-state index is 13.1. The summed E-state index contributed by atoms with van der Waals surface area (Å²) >= 11 is 0. The summed E-state index contributed by atoms with van der Waals surface area (Å²) in [6.45, 7) is 2.18. The first-order chi connectivity index (χ1) is 14.8. The van der Waals surface area contributed by atoms with Crippen molar-refractivity contribution < 1.29 is 4.79 Å². The van der Waals surface area contributed by atoms with Crippen molar-refractivity contribution in [2.24, 2.45) is 0 Å². The number of carbonyl (C=O) groups excluding carboxylic acids is 1. The molecule has 0 atom stereocenters. The molecule has 3 N–H and O–H groups in total. The molecule has 2 heterocycles. The largest absolute Gasteiger partial charge is 0.380 e. The lowest BCUT2D eigenvalue weighted by Crippen LogP contribution is -2.23. The van der Waals surface area contributed by atoms with Gasteiger partial charge in [-0.25, -0.2) is 4.98 Å². The number of pyridine rings is 1. The number of fused-ring (bicyclic) bond motifs is 2. The van der Waals surface area contributed by atoms with Gasteiger partial charge in [0.15, 0.2) is 0 Å². The van der Waals surface area contributed by atoms with Gasteiger partial charge in [-0.1, -0.05) is 60.7 Å². The lowest BCUT2D eigenvalue weighted by molar-refractivity contribution is 0.0951. The smallest absolute Gasteiger partial charge is 0.252 e. The Hall–Kier alpha value is -3.86. The van der Waals surface area contributed by atoms with Crippen LogP contribution in [0.5, 0.6) is 0 Å². The van der Waals surface area contributed by atoms with E-state index in [9.17, 15) is 4.79 Å². The van der Waals surface area contributed by atoms with Crippen LogP contribution in [0.3, 0.4) is 0 Å². The summed E-state index contributed by atoms with van der Waals surface area (Å²) in [5.74, 6) is 0.755. The standard InChI is InChI=1S/C25H22N4O/c30-25(29-15-18-8-5-7-17-6-1-2-9-20(17)18)22-11-4-3-10-21(22)19-14-23-24(28-16-19)27-13-12-26-23/h1-11,14,16,26H,12-13,15H2,(H,27,28)(H,29,30). The van der Waals surface area contributed by atoms with Crippen LogP contribution in [0.2, 0.25) is 0 Å². The first kappa shape index (κ1) is 18.2. The SMILES string of the molecule is O=C(NCc1cccc2ccccc12)c1ccccc1-c1cnc2c(c1)NCCN2. The van der Waals surface area contributed by atoms with Gasteiger partial charge in [-0.05, 0) is 34.0 Å². The summed E-state index contributed by atoms with van der Waals surface area (Å²) in [4.78, 5) is 17.6. The number of aromatic nitrogens is 1. The number of hydrogen-bond acceptors (Lipinski definition) is 4. The third-order valence-corrected chi connectivity index (χ3v) is 5.42. The zero-order valence-corrected chi connectivity index (χ0v) is 16.5. The summed E-state index contributed by atoms with van der Waals surface area (Å²) in [6, 6.07) is 24.1. The Morgan fingerprint density at radius 2 is 1.73 bits per heavy atom. The number of hydrogen-bond donors (Lipinski definition) is 3. The van der Waals surface area contributed by atoms with E-state index >= 15 is 0 Å². The molecule has 0 spiro atoms. The highest BCUT2D eigenvalue weighted by Gasteiger charge is 2.16. The summed E-state index contributed by atoms with van der Waals surface area (Å²) in [5, 5.41) is 12.1. The lowest BCUT2D eigenvalue weighted by atomic mass is 9.99. The molecule has 148 valence electrons. The topological polar surface area (TPSA) is 66.0 Å². The maximum absolute atomic E-state index is 13.1. The molecule has 1 amide bonds. The molecule has 4 aromatic rings. The predicted molar refractivity (Wildman–Crippen MR) is 122 cm³/mol. The molecule has 0 fully saturated rings. The molecule has 0 aliphatic carbocycles. The molecule has 3 aromatic carbocycles. The van der Waals surface area contributed by atoms with Crippen molar-refractivity contribution in [3.63, 3.8) is 0 Å². The zero-order chi connectivity index (χ0) is 20.3. The van der Waals surface area contributed by atoms with Crippen LogP contribution in [0.15, 0.2) is 79.0 Å². The van der Waals surface area contributed by atoms with E-state index in [4.69, 9.17) is 0 Å². The molecule has 5 rings (SSSR count). The molecule has 0 bridgehead atoms. The van der Waals surface area contributed by atoms with Crippen LogP contribution in [0.4, 0.5) is 11.5 Å². The molecule has 30 heavy (non-hydrogen) atoms. The van der Waals surface area contributed by atoms with Gasteiger partial charge in [-0.3, -0.25) is 4.79 Å². The van der Waals surface area contributed by atoms with E-state index in [2.05, 4.69) is 45.2 Å². The fraction of sp³-hybridized carbons (Fsp3) is 0.120. The molecule has 0 saturated carbocycles. The van der Waals surface area contributed by atoms with E-state index in [1.54, 1.807) is 0 Å². The van der Waals surface area contributed by atoms with Crippen LogP contribution in [-0.2, 0) is 6.54 Å². The Labute approximate surface area is 175 Å². The molecule has 5 nitrogen and oxygen atoms in total. The van der Waals surface area contributed by atoms with Gasteiger partial charge < -0.3 is 16.0 Å². The molecule has 0 radical (unpaired) electrons. The minimum atomic E-state index is -0.0951. The number of amides is 1. The van der Waals surface area contributed by atoms with Crippen LogP contribution in [0, 0.1) is 0 Å². The lowest BCUT2D eigenvalue weighted by Gasteiger charge is -2.20. The van der Waals surface area contributed by atoms with Crippen molar-refractivity contribution in [2.45, 2.75) is 6.54 Å². The third kappa shape index (κ3) is 3.46. The maximum Gasteiger partial charge on any atom is 0.252 e. The first-order valence-corrected chi connectivity index (χ1v) is 10.1. The number of nitrogens with one attached hydrogen (secondary N) is 3. The average molecular weight is 394 g/mol. The zero-order valence-electron chi connectivity index (χ0n) is 16.5. The summed E-state index contributed by atoms with van der Waals surface area (Å²) in [6.07, 6.45) is 1.82. The van der Waals surface area contributed by atoms with Gasteiger partial charge in [0.05, 0.1) is 5.69 Å². The van der Waals surface area contributed by atoms with E-state index < -0.39 is 0 Å². The van der Waals surface area contributed by atoms with Crippen molar-refractivity contribution in [3.8, 4) is 11.1 Å². The van der Waals surface area contributed by atoms with Crippen LogP contribution in [0.1, 0.15) is 15.9 Å². The highest BCUT2D eigenvalue weighted by Crippen LogP contribution is 2.30. The number of benzene rings is 3. The van der Waals surface area contributed by atoms with Crippen molar-refractivity contribution in [1.29, 1.82) is 0 Å². The van der Waals surface area contributed by atoms with Gasteiger partial charge in [0, 0.05) is 37.0 Å². The molecular weight excluding hydrogens is 372 g/mol. The van der Waals surface area contributed by atoms with Crippen molar-refractivity contribution >= 4 is 28.2 Å². The van der Waals surface area contributed by atoms with E-state index in [-0.39, 0.29) is 5.91 Å². The molecular formula is C25H22N4O. The van der Waals surface area contributed by atoms with Crippen molar-refractivity contribution in [1.82, 2.24) is 10.3 Å². The molecule has 1 aliphatic rings. The molecule has 1 aliphatic heterocycles. The van der Waals surface area contributed by atoms with Crippen LogP contribution in [0.25, 0.3) is 21.9 Å². The van der Waals surface area contributed by atoms with Gasteiger partial charge in [-0.2, -0.15) is 0 Å². The second-order valence-corrected chi connectivity index (χ2v) is 7.34. The van der Waals surface area contributed by atoms with Crippen LogP contribution in [-0.4, -0.2) is 24.0 Å². The number of rotatable bonds is 4. The van der Waals surface area contributed by atoms with Gasteiger partial charge in [0.2, 0.25) is 0 Å². The Bertz CT molecular complexity index is 1230. The fourth-order valence-electron chi connectivity index (χ4n) is 3.92. The predicted octanol–water partition coefficient (Wildman–Crippen LogP) is 4.67. The summed E-state index contributed by atoms with van der Waals surface area (Å²) in [5.41, 5.74) is 4.49. The summed E-state index contributed by atoms with van der Waals surface area (Å²) < 4.78 is 0. The normalized spacial score (nSPS) is 12.5. The van der Waals surface area contributed by atoms with Gasteiger partial charge in [0.1, 0.15) is 5.82 Å². The van der Waals surface area contributed by atoms with Crippen molar-refractivity contribution in [3.05, 3.63) is 90.1 Å². The minimum absolute atomic E-state index is 0.0951. The van der Waals surface area contributed by atoms with E-state index in [0.29, 0.717) is 12.1 Å². The van der Waals surface area contributed by atoms with Gasteiger partial charge >= 0.3 is 0 Å². The Morgan fingerprint density at radius 1 is 0.933 bits per heavy atom. The number of nitrogens with zero attached hydrogens (tertiary/aromatic N) is 1. The van der Waals surface area contributed by atoms with E-state index in [1.807, 2.05) is 54.7 Å². The van der Waals surface area contributed by atoms with Gasteiger partial charge in [0.25, 0.3) is 5.91 Å². The first-order valence-electron chi connectivity index (χ1n) is 10.1. The third-order valence-electron chi connectivity index (χ3n) is 5.42. The number of carbonyl (C=O) groups is 1. The summed E-state index contributed by atoms with van der Waals surface area (Å²) in [7, 11) is 0. The van der Waals surface area contributed by atoms with Crippen LogP contribution < -0.4 is 16.0 Å².